The molecule has 2 aromatic rings. The van der Waals surface area contributed by atoms with Crippen molar-refractivity contribution >= 4 is 29.1 Å². The second kappa shape index (κ2) is 8.57. The molecule has 7 nitrogen and oxygen atoms in total. The van der Waals surface area contributed by atoms with Gasteiger partial charge in [0.2, 0.25) is 5.91 Å². The van der Waals surface area contributed by atoms with Crippen LogP contribution in [-0.4, -0.2) is 36.9 Å². The number of benzene rings is 2. The summed E-state index contributed by atoms with van der Waals surface area (Å²) in [6, 6.07) is 11.7. The molecule has 30 heavy (non-hydrogen) atoms. The summed E-state index contributed by atoms with van der Waals surface area (Å²) in [5.41, 5.74) is 1.84. The Morgan fingerprint density at radius 2 is 1.63 bits per heavy atom. The number of nitrogens with one attached hydrogen (secondary N) is 2. The van der Waals surface area contributed by atoms with Crippen molar-refractivity contribution in [3.05, 3.63) is 53.6 Å². The van der Waals surface area contributed by atoms with Crippen LogP contribution in [0, 0.1) is 0 Å². The molecule has 0 bridgehead atoms. The molecule has 1 saturated heterocycles. The van der Waals surface area contributed by atoms with Gasteiger partial charge in [-0.15, -0.1) is 0 Å². The van der Waals surface area contributed by atoms with Crippen LogP contribution in [0.3, 0.4) is 0 Å². The zero-order valence-electron chi connectivity index (χ0n) is 17.7. The van der Waals surface area contributed by atoms with Crippen molar-refractivity contribution in [2.45, 2.75) is 39.2 Å². The minimum absolute atomic E-state index is 0.0701. The van der Waals surface area contributed by atoms with Gasteiger partial charge in [0.1, 0.15) is 5.75 Å². The van der Waals surface area contributed by atoms with Crippen LogP contribution >= 0.6 is 0 Å². The number of hydrogen-bond donors (Lipinski definition) is 2. The first-order valence-electron chi connectivity index (χ1n) is 9.90. The first-order valence-corrected chi connectivity index (χ1v) is 9.90. The van der Waals surface area contributed by atoms with Crippen molar-refractivity contribution in [3.63, 3.8) is 0 Å². The molecule has 158 valence electrons. The Morgan fingerprint density at radius 3 is 2.17 bits per heavy atom. The molecule has 3 amide bonds. The van der Waals surface area contributed by atoms with Crippen LogP contribution in [0.25, 0.3) is 0 Å². The smallest absolute Gasteiger partial charge is 0.255 e. The standard InChI is InChI=1S/C23H27N3O4/c1-23(2,3)25-22(29)16-9-7-15(8-10-16)21(28)24-17-11-12-18(19(14-17)30-4)26-13-5-6-20(26)27/h7-12,14H,5-6,13H2,1-4H3,(H,24,28)(H,25,29). The van der Waals surface area contributed by atoms with Crippen LogP contribution in [0.1, 0.15) is 54.3 Å². The molecule has 0 aliphatic carbocycles. The summed E-state index contributed by atoms with van der Waals surface area (Å²) in [6.07, 6.45) is 1.36. The van der Waals surface area contributed by atoms with Crippen LogP contribution in [-0.2, 0) is 4.79 Å². The van der Waals surface area contributed by atoms with Crippen molar-refractivity contribution < 1.29 is 19.1 Å². The van der Waals surface area contributed by atoms with E-state index in [9.17, 15) is 14.4 Å². The summed E-state index contributed by atoms with van der Waals surface area (Å²) in [4.78, 5) is 38.5. The Kier molecular flexibility index (Phi) is 6.10. The fraction of sp³-hybridized carbons (Fsp3) is 0.348. The van der Waals surface area contributed by atoms with Crippen molar-refractivity contribution in [1.82, 2.24) is 5.32 Å². The predicted molar refractivity (Wildman–Crippen MR) is 116 cm³/mol. The van der Waals surface area contributed by atoms with Crippen LogP contribution in [0.2, 0.25) is 0 Å². The molecular formula is C23H27N3O4. The summed E-state index contributed by atoms with van der Waals surface area (Å²) in [5, 5.41) is 5.71. The Hall–Kier alpha value is -3.35. The minimum Gasteiger partial charge on any atom is -0.494 e. The van der Waals surface area contributed by atoms with Gasteiger partial charge >= 0.3 is 0 Å². The number of rotatable bonds is 5. The average Bonchev–Trinajstić information content (AvgIpc) is 3.12. The Labute approximate surface area is 176 Å². The third-order valence-corrected chi connectivity index (χ3v) is 4.70. The molecule has 0 aromatic heterocycles. The lowest BCUT2D eigenvalue weighted by Crippen LogP contribution is -2.40. The van der Waals surface area contributed by atoms with Crippen molar-refractivity contribution in [2.24, 2.45) is 0 Å². The highest BCUT2D eigenvalue weighted by Crippen LogP contribution is 2.34. The van der Waals surface area contributed by atoms with E-state index >= 15 is 0 Å². The average molecular weight is 409 g/mol. The van der Waals surface area contributed by atoms with E-state index in [1.54, 1.807) is 47.4 Å². The lowest BCUT2D eigenvalue weighted by atomic mass is 10.1. The molecule has 1 aliphatic rings. The van der Waals surface area contributed by atoms with Crippen molar-refractivity contribution in [2.75, 3.05) is 23.9 Å². The van der Waals surface area contributed by atoms with E-state index in [4.69, 9.17) is 4.74 Å². The Morgan fingerprint density at radius 1 is 1.00 bits per heavy atom. The topological polar surface area (TPSA) is 87.7 Å². The Bertz CT molecular complexity index is 961. The molecule has 7 heteroatoms. The summed E-state index contributed by atoms with van der Waals surface area (Å²) < 4.78 is 5.43. The minimum atomic E-state index is -0.335. The molecule has 1 aliphatic heterocycles. The number of anilines is 2. The number of ether oxygens (including phenoxy) is 1. The number of carbonyl (C=O) groups excluding carboxylic acids is 3. The first-order chi connectivity index (χ1) is 14.2. The van der Waals surface area contributed by atoms with E-state index in [0.29, 0.717) is 41.2 Å². The monoisotopic (exact) mass is 409 g/mol. The number of hydrogen-bond acceptors (Lipinski definition) is 4. The van der Waals surface area contributed by atoms with Gasteiger partial charge in [0.05, 0.1) is 12.8 Å². The lowest BCUT2D eigenvalue weighted by molar-refractivity contribution is -0.117. The Balaban J connectivity index is 1.71. The lowest BCUT2D eigenvalue weighted by Gasteiger charge is -2.20. The molecule has 0 saturated carbocycles. The summed E-state index contributed by atoms with van der Waals surface area (Å²) in [5.74, 6) is 0.106. The van der Waals surface area contributed by atoms with E-state index in [1.807, 2.05) is 20.8 Å². The highest BCUT2D eigenvalue weighted by Gasteiger charge is 2.24. The highest BCUT2D eigenvalue weighted by atomic mass is 16.5. The van der Waals surface area contributed by atoms with E-state index in [0.717, 1.165) is 6.42 Å². The maximum Gasteiger partial charge on any atom is 0.255 e. The molecule has 1 heterocycles. The number of carbonyl (C=O) groups is 3. The zero-order valence-corrected chi connectivity index (χ0v) is 17.7. The maximum absolute atomic E-state index is 12.6. The van der Waals surface area contributed by atoms with Gasteiger partial charge in [-0.05, 0) is 63.6 Å². The van der Waals surface area contributed by atoms with Gasteiger partial charge in [-0.2, -0.15) is 0 Å². The molecule has 0 radical (unpaired) electrons. The second-order valence-electron chi connectivity index (χ2n) is 8.27. The molecule has 0 atom stereocenters. The summed E-state index contributed by atoms with van der Waals surface area (Å²) in [6.45, 7) is 6.39. The highest BCUT2D eigenvalue weighted by molar-refractivity contribution is 6.05. The van der Waals surface area contributed by atoms with Crippen LogP contribution in [0.5, 0.6) is 5.75 Å². The maximum atomic E-state index is 12.6. The van der Waals surface area contributed by atoms with Crippen LogP contribution in [0.15, 0.2) is 42.5 Å². The van der Waals surface area contributed by atoms with Gasteiger partial charge < -0.3 is 20.3 Å². The van der Waals surface area contributed by atoms with Gasteiger partial charge in [-0.25, -0.2) is 0 Å². The number of nitrogens with zero attached hydrogens (tertiary/aromatic N) is 1. The fourth-order valence-corrected chi connectivity index (χ4v) is 3.27. The number of amides is 3. The third kappa shape index (κ3) is 4.97. The van der Waals surface area contributed by atoms with E-state index in [1.165, 1.54) is 7.11 Å². The van der Waals surface area contributed by atoms with Gasteiger partial charge in [-0.1, -0.05) is 0 Å². The molecule has 3 rings (SSSR count). The summed E-state index contributed by atoms with van der Waals surface area (Å²) >= 11 is 0. The van der Waals surface area contributed by atoms with E-state index < -0.39 is 0 Å². The van der Waals surface area contributed by atoms with Gasteiger partial charge in [0.25, 0.3) is 11.8 Å². The summed E-state index contributed by atoms with van der Waals surface area (Å²) in [7, 11) is 1.53. The number of methoxy groups -OCH3 is 1. The molecule has 0 unspecified atom stereocenters. The zero-order chi connectivity index (χ0) is 21.9. The SMILES string of the molecule is COc1cc(NC(=O)c2ccc(C(=O)NC(C)(C)C)cc2)ccc1N1CCCC1=O. The molecular weight excluding hydrogens is 382 g/mol. The molecule has 0 spiro atoms. The normalized spacial score (nSPS) is 13.9. The van der Waals surface area contributed by atoms with Gasteiger partial charge in [0, 0.05) is 41.4 Å². The van der Waals surface area contributed by atoms with Crippen LogP contribution < -0.4 is 20.3 Å². The molecule has 2 aromatic carbocycles. The molecule has 2 N–H and O–H groups in total. The quantitative estimate of drug-likeness (QED) is 0.790. The fourth-order valence-electron chi connectivity index (χ4n) is 3.27. The predicted octanol–water partition coefficient (Wildman–Crippen LogP) is 3.60. The first kappa shape index (κ1) is 21.4. The van der Waals surface area contributed by atoms with Crippen molar-refractivity contribution in [1.29, 1.82) is 0 Å². The van der Waals surface area contributed by atoms with Crippen molar-refractivity contribution in [3.8, 4) is 5.75 Å². The molecule has 1 fully saturated rings. The van der Waals surface area contributed by atoms with E-state index in [2.05, 4.69) is 10.6 Å². The van der Waals surface area contributed by atoms with Gasteiger partial charge in [0.15, 0.2) is 0 Å². The van der Waals surface area contributed by atoms with Crippen LogP contribution in [0.4, 0.5) is 11.4 Å². The largest absolute Gasteiger partial charge is 0.494 e. The van der Waals surface area contributed by atoms with E-state index in [-0.39, 0.29) is 23.3 Å². The second-order valence-corrected chi connectivity index (χ2v) is 8.27. The van der Waals surface area contributed by atoms with Gasteiger partial charge in [-0.3, -0.25) is 14.4 Å². The third-order valence-electron chi connectivity index (χ3n) is 4.70.